The molecule has 0 aliphatic carbocycles. The Bertz CT molecular complexity index is 477. The second-order valence-corrected chi connectivity index (χ2v) is 7.78. The molecule has 96 valence electrons. The van der Waals surface area contributed by atoms with Crippen LogP contribution in [0.5, 0.6) is 0 Å². The molecule has 7 heteroatoms. The fraction of sp³-hybridized carbons (Fsp3) is 0.600. The minimum atomic E-state index is -3.36. The van der Waals surface area contributed by atoms with Crippen molar-refractivity contribution >= 4 is 33.0 Å². The van der Waals surface area contributed by atoms with Gasteiger partial charge in [-0.1, -0.05) is 11.6 Å². The Kier molecular flexibility index (Phi) is 4.10. The molecule has 4 nitrogen and oxygen atoms in total. The van der Waals surface area contributed by atoms with E-state index in [4.69, 9.17) is 16.3 Å². The molecule has 1 aromatic heterocycles. The van der Waals surface area contributed by atoms with Crippen molar-refractivity contribution in [3.8, 4) is 0 Å². The number of ether oxygens (including phenoxy) is 1. The molecule has 0 spiro atoms. The summed E-state index contributed by atoms with van der Waals surface area (Å²) < 4.78 is 32.0. The first-order chi connectivity index (χ1) is 8.04. The zero-order valence-electron chi connectivity index (χ0n) is 9.43. The van der Waals surface area contributed by atoms with Crippen LogP contribution in [0.3, 0.4) is 0 Å². The normalized spacial score (nSPS) is 19.6. The Labute approximate surface area is 110 Å². The minimum Gasteiger partial charge on any atom is -0.381 e. The highest BCUT2D eigenvalue weighted by atomic mass is 35.5. The maximum Gasteiger partial charge on any atom is 0.252 e. The Balaban J connectivity index is 2.12. The van der Waals surface area contributed by atoms with Crippen LogP contribution in [-0.2, 0) is 14.8 Å². The molecule has 1 saturated heterocycles. The smallest absolute Gasteiger partial charge is 0.252 e. The Hall–Kier alpha value is -0.140. The van der Waals surface area contributed by atoms with Gasteiger partial charge in [-0.05, 0) is 25.0 Å². The first kappa shape index (κ1) is 13.3. The number of hydrogen-bond donors (Lipinski definition) is 0. The second kappa shape index (κ2) is 5.24. The number of thiophene rings is 1. The van der Waals surface area contributed by atoms with Gasteiger partial charge in [0.2, 0.25) is 0 Å². The molecule has 17 heavy (non-hydrogen) atoms. The van der Waals surface area contributed by atoms with E-state index in [1.54, 1.807) is 19.2 Å². The summed E-state index contributed by atoms with van der Waals surface area (Å²) >= 11 is 6.87. The van der Waals surface area contributed by atoms with Crippen molar-refractivity contribution in [2.75, 3.05) is 20.2 Å². The fourth-order valence-electron chi connectivity index (χ4n) is 1.87. The SMILES string of the molecule is COC1CCN(S(=O)(=O)c2ccc(Cl)s2)CC1. The molecule has 0 amide bonds. The van der Waals surface area contributed by atoms with E-state index in [1.807, 2.05) is 0 Å². The number of hydrogen-bond acceptors (Lipinski definition) is 4. The summed E-state index contributed by atoms with van der Waals surface area (Å²) in [7, 11) is -1.70. The van der Waals surface area contributed by atoms with Gasteiger partial charge in [-0.3, -0.25) is 0 Å². The predicted molar refractivity (Wildman–Crippen MR) is 68.1 cm³/mol. The van der Waals surface area contributed by atoms with Crippen LogP contribution in [0.15, 0.2) is 16.3 Å². The van der Waals surface area contributed by atoms with Crippen molar-refractivity contribution in [3.05, 3.63) is 16.5 Å². The standard InChI is InChI=1S/C10H14ClNO3S2/c1-15-8-4-6-12(7-5-8)17(13,14)10-3-2-9(11)16-10/h2-3,8H,4-7H2,1H3. The van der Waals surface area contributed by atoms with Crippen molar-refractivity contribution < 1.29 is 13.2 Å². The Morgan fingerprint density at radius 1 is 1.41 bits per heavy atom. The average molecular weight is 296 g/mol. The summed E-state index contributed by atoms with van der Waals surface area (Å²) in [5.41, 5.74) is 0. The third-order valence-electron chi connectivity index (χ3n) is 2.88. The zero-order chi connectivity index (χ0) is 12.5. The van der Waals surface area contributed by atoms with E-state index in [-0.39, 0.29) is 6.10 Å². The van der Waals surface area contributed by atoms with Gasteiger partial charge in [0.25, 0.3) is 10.0 Å². The zero-order valence-corrected chi connectivity index (χ0v) is 11.8. The average Bonchev–Trinajstić information content (AvgIpc) is 2.77. The Morgan fingerprint density at radius 2 is 2.06 bits per heavy atom. The number of sulfonamides is 1. The van der Waals surface area contributed by atoms with Crippen LogP contribution in [-0.4, -0.2) is 39.0 Å². The highest BCUT2D eigenvalue weighted by Gasteiger charge is 2.30. The Morgan fingerprint density at radius 3 is 2.53 bits per heavy atom. The van der Waals surface area contributed by atoms with Crippen molar-refractivity contribution in [3.63, 3.8) is 0 Å². The maximum atomic E-state index is 12.2. The van der Waals surface area contributed by atoms with Crippen LogP contribution in [0.4, 0.5) is 0 Å². The molecule has 0 bridgehead atoms. The summed E-state index contributed by atoms with van der Waals surface area (Å²) in [6.07, 6.45) is 1.66. The lowest BCUT2D eigenvalue weighted by atomic mass is 10.1. The molecule has 0 radical (unpaired) electrons. The van der Waals surface area contributed by atoms with E-state index in [0.717, 1.165) is 24.2 Å². The lowest BCUT2D eigenvalue weighted by Crippen LogP contribution is -2.40. The van der Waals surface area contributed by atoms with E-state index in [9.17, 15) is 8.42 Å². The van der Waals surface area contributed by atoms with Crippen molar-refractivity contribution in [1.82, 2.24) is 4.31 Å². The largest absolute Gasteiger partial charge is 0.381 e. The third-order valence-corrected chi connectivity index (χ3v) is 6.47. The summed E-state index contributed by atoms with van der Waals surface area (Å²) in [5.74, 6) is 0. The first-order valence-corrected chi connectivity index (χ1v) is 7.96. The van der Waals surface area contributed by atoms with Crippen LogP contribution < -0.4 is 0 Å². The summed E-state index contributed by atoms with van der Waals surface area (Å²) in [4.78, 5) is 0. The van der Waals surface area contributed by atoms with Crippen molar-refractivity contribution in [2.24, 2.45) is 0 Å². The van der Waals surface area contributed by atoms with Gasteiger partial charge in [-0.2, -0.15) is 4.31 Å². The molecule has 1 aliphatic rings. The van der Waals surface area contributed by atoms with E-state index in [1.165, 1.54) is 4.31 Å². The molecule has 0 atom stereocenters. The second-order valence-electron chi connectivity index (χ2n) is 3.90. The summed E-state index contributed by atoms with van der Waals surface area (Å²) in [5, 5.41) is 0. The van der Waals surface area contributed by atoms with Crippen LogP contribution in [0, 0.1) is 0 Å². The van der Waals surface area contributed by atoms with Crippen LogP contribution >= 0.6 is 22.9 Å². The molecule has 0 saturated carbocycles. The van der Waals surface area contributed by atoms with E-state index in [0.29, 0.717) is 21.6 Å². The molecule has 1 fully saturated rings. The van der Waals surface area contributed by atoms with Gasteiger partial charge in [0.1, 0.15) is 4.21 Å². The molecule has 1 aliphatic heterocycles. The van der Waals surface area contributed by atoms with Crippen LogP contribution in [0.1, 0.15) is 12.8 Å². The van der Waals surface area contributed by atoms with Crippen LogP contribution in [0.25, 0.3) is 0 Å². The molecule has 1 aromatic rings. The summed E-state index contributed by atoms with van der Waals surface area (Å²) in [6.45, 7) is 1.02. The topological polar surface area (TPSA) is 46.6 Å². The highest BCUT2D eigenvalue weighted by Crippen LogP contribution is 2.29. The maximum absolute atomic E-state index is 12.2. The van der Waals surface area contributed by atoms with Crippen molar-refractivity contribution in [2.45, 2.75) is 23.2 Å². The fourth-order valence-corrected chi connectivity index (χ4v) is 4.98. The molecule has 0 aromatic carbocycles. The number of piperidine rings is 1. The van der Waals surface area contributed by atoms with Crippen LogP contribution in [0.2, 0.25) is 4.34 Å². The monoisotopic (exact) mass is 295 g/mol. The number of nitrogens with zero attached hydrogens (tertiary/aromatic N) is 1. The van der Waals surface area contributed by atoms with E-state index >= 15 is 0 Å². The lowest BCUT2D eigenvalue weighted by Gasteiger charge is -2.29. The lowest BCUT2D eigenvalue weighted by molar-refractivity contribution is 0.0605. The molecular formula is C10H14ClNO3S2. The quantitative estimate of drug-likeness (QED) is 0.859. The molecular weight excluding hydrogens is 282 g/mol. The van der Waals surface area contributed by atoms with E-state index in [2.05, 4.69) is 0 Å². The van der Waals surface area contributed by atoms with E-state index < -0.39 is 10.0 Å². The molecule has 2 heterocycles. The van der Waals surface area contributed by atoms with Gasteiger partial charge < -0.3 is 4.74 Å². The molecule has 0 unspecified atom stereocenters. The van der Waals surface area contributed by atoms with Crippen molar-refractivity contribution in [1.29, 1.82) is 0 Å². The number of rotatable bonds is 3. The van der Waals surface area contributed by atoms with Gasteiger partial charge in [-0.25, -0.2) is 8.42 Å². The third kappa shape index (κ3) is 2.82. The molecule has 2 rings (SSSR count). The molecule has 0 N–H and O–H groups in total. The first-order valence-electron chi connectivity index (χ1n) is 5.32. The summed E-state index contributed by atoms with van der Waals surface area (Å²) in [6, 6.07) is 3.17. The van der Waals surface area contributed by atoms with Gasteiger partial charge in [0.05, 0.1) is 10.4 Å². The van der Waals surface area contributed by atoms with Gasteiger partial charge in [0.15, 0.2) is 0 Å². The van der Waals surface area contributed by atoms with Gasteiger partial charge in [-0.15, -0.1) is 11.3 Å². The minimum absolute atomic E-state index is 0.174. The van der Waals surface area contributed by atoms with Gasteiger partial charge in [0, 0.05) is 20.2 Å². The van der Waals surface area contributed by atoms with Gasteiger partial charge >= 0.3 is 0 Å². The number of halogens is 1. The highest BCUT2D eigenvalue weighted by molar-refractivity contribution is 7.91. The number of methoxy groups -OCH3 is 1. The predicted octanol–water partition coefficient (Wildman–Crippen LogP) is 2.20.